The van der Waals surface area contributed by atoms with Crippen LogP contribution in [0.5, 0.6) is 0 Å². The molecule has 0 aliphatic heterocycles. The fraction of sp³-hybridized carbons (Fsp3) is 0.929. The zero-order valence-corrected chi connectivity index (χ0v) is 11.5. The first kappa shape index (κ1) is 16.4. The van der Waals surface area contributed by atoms with Crippen LogP contribution >= 0.6 is 0 Å². The van der Waals surface area contributed by atoms with Gasteiger partial charge in [0, 0.05) is 12.5 Å². The van der Waals surface area contributed by atoms with Gasteiger partial charge in [-0.3, -0.25) is 4.79 Å². The van der Waals surface area contributed by atoms with E-state index in [9.17, 15) is 4.79 Å². The maximum atomic E-state index is 11.8. The van der Waals surface area contributed by atoms with Crippen LogP contribution in [-0.2, 0) is 4.79 Å². The largest absolute Gasteiger partial charge is 0.395 e. The first-order chi connectivity index (χ1) is 8.26. The zero-order valence-electron chi connectivity index (χ0n) is 11.5. The van der Waals surface area contributed by atoms with E-state index in [4.69, 9.17) is 5.11 Å². The van der Waals surface area contributed by atoms with Crippen molar-refractivity contribution in [2.24, 2.45) is 5.92 Å². The monoisotopic (exact) mass is 243 g/mol. The topological polar surface area (TPSA) is 49.3 Å². The second-order valence-electron chi connectivity index (χ2n) is 4.70. The first-order valence-electron chi connectivity index (χ1n) is 7.14. The van der Waals surface area contributed by atoms with Crippen molar-refractivity contribution in [3.63, 3.8) is 0 Å². The summed E-state index contributed by atoms with van der Waals surface area (Å²) in [5, 5.41) is 11.5. The molecular formula is C14H29NO2. The second-order valence-corrected chi connectivity index (χ2v) is 4.70. The number of hydrogen-bond acceptors (Lipinski definition) is 2. The number of rotatable bonds is 11. The Hall–Kier alpha value is -0.570. The highest BCUT2D eigenvalue weighted by Crippen LogP contribution is 2.17. The molecule has 0 spiro atoms. The van der Waals surface area contributed by atoms with Crippen molar-refractivity contribution in [1.29, 1.82) is 0 Å². The molecular weight excluding hydrogens is 214 g/mol. The number of unbranched alkanes of at least 4 members (excludes halogenated alkanes) is 4. The van der Waals surface area contributed by atoms with E-state index in [0.29, 0.717) is 6.54 Å². The summed E-state index contributed by atoms with van der Waals surface area (Å²) in [5.41, 5.74) is 0. The van der Waals surface area contributed by atoms with Gasteiger partial charge < -0.3 is 10.4 Å². The van der Waals surface area contributed by atoms with Crippen molar-refractivity contribution in [3.8, 4) is 0 Å². The van der Waals surface area contributed by atoms with E-state index in [1.54, 1.807) is 0 Å². The molecule has 0 bridgehead atoms. The molecule has 3 nitrogen and oxygen atoms in total. The third-order valence-corrected chi connectivity index (χ3v) is 3.09. The highest BCUT2D eigenvalue weighted by atomic mass is 16.3. The SMILES string of the molecule is CCCCCCC(CCCC)C(=O)NCCO. The summed E-state index contributed by atoms with van der Waals surface area (Å²) >= 11 is 0. The zero-order chi connectivity index (χ0) is 12.9. The first-order valence-corrected chi connectivity index (χ1v) is 7.14. The Kier molecular flexibility index (Phi) is 11.5. The van der Waals surface area contributed by atoms with Crippen LogP contribution in [0.3, 0.4) is 0 Å². The Morgan fingerprint density at radius 1 is 1.06 bits per heavy atom. The van der Waals surface area contributed by atoms with Gasteiger partial charge in [0.25, 0.3) is 0 Å². The number of hydrogen-bond donors (Lipinski definition) is 2. The molecule has 2 N–H and O–H groups in total. The Bertz CT molecular complexity index is 183. The van der Waals surface area contributed by atoms with Gasteiger partial charge in [0.15, 0.2) is 0 Å². The molecule has 0 saturated heterocycles. The predicted molar refractivity (Wildman–Crippen MR) is 71.9 cm³/mol. The van der Waals surface area contributed by atoms with Gasteiger partial charge in [-0.15, -0.1) is 0 Å². The Balaban J connectivity index is 3.89. The van der Waals surface area contributed by atoms with Gasteiger partial charge in [-0.2, -0.15) is 0 Å². The van der Waals surface area contributed by atoms with Gasteiger partial charge in [0.1, 0.15) is 0 Å². The average molecular weight is 243 g/mol. The summed E-state index contributed by atoms with van der Waals surface area (Å²) in [6, 6.07) is 0. The maximum absolute atomic E-state index is 11.8. The van der Waals surface area contributed by atoms with Crippen LogP contribution < -0.4 is 5.32 Å². The maximum Gasteiger partial charge on any atom is 0.223 e. The molecule has 3 heteroatoms. The molecule has 0 saturated carbocycles. The van der Waals surface area contributed by atoms with Gasteiger partial charge in [-0.25, -0.2) is 0 Å². The second kappa shape index (κ2) is 11.9. The van der Waals surface area contributed by atoms with Crippen molar-refractivity contribution < 1.29 is 9.90 Å². The van der Waals surface area contributed by atoms with Crippen LogP contribution in [0.15, 0.2) is 0 Å². The number of carbonyl (C=O) groups is 1. The highest BCUT2D eigenvalue weighted by molar-refractivity contribution is 5.78. The van der Waals surface area contributed by atoms with Gasteiger partial charge in [0.05, 0.1) is 6.61 Å². The summed E-state index contributed by atoms with van der Waals surface area (Å²) in [5.74, 6) is 0.280. The van der Waals surface area contributed by atoms with Crippen LogP contribution in [0, 0.1) is 5.92 Å². The number of carbonyl (C=O) groups excluding carboxylic acids is 1. The number of aliphatic hydroxyl groups is 1. The molecule has 0 aromatic heterocycles. The van der Waals surface area contributed by atoms with Crippen LogP contribution in [-0.4, -0.2) is 24.2 Å². The lowest BCUT2D eigenvalue weighted by Crippen LogP contribution is -2.32. The van der Waals surface area contributed by atoms with Gasteiger partial charge >= 0.3 is 0 Å². The molecule has 0 aliphatic carbocycles. The lowest BCUT2D eigenvalue weighted by molar-refractivity contribution is -0.125. The van der Waals surface area contributed by atoms with E-state index in [1.807, 2.05) is 0 Å². The predicted octanol–water partition coefficient (Wildman–Crippen LogP) is 2.87. The van der Waals surface area contributed by atoms with E-state index >= 15 is 0 Å². The minimum absolute atomic E-state index is 0.0298. The molecule has 17 heavy (non-hydrogen) atoms. The van der Waals surface area contributed by atoms with E-state index in [-0.39, 0.29) is 18.4 Å². The minimum Gasteiger partial charge on any atom is -0.395 e. The van der Waals surface area contributed by atoms with Crippen LogP contribution in [0.4, 0.5) is 0 Å². The van der Waals surface area contributed by atoms with Crippen molar-refractivity contribution in [1.82, 2.24) is 5.32 Å². The summed E-state index contributed by atoms with van der Waals surface area (Å²) in [7, 11) is 0. The number of aliphatic hydroxyl groups excluding tert-OH is 1. The van der Waals surface area contributed by atoms with E-state index in [2.05, 4.69) is 19.2 Å². The summed E-state index contributed by atoms with van der Waals surface area (Å²) in [6.45, 7) is 4.76. The Labute approximate surface area is 106 Å². The third-order valence-electron chi connectivity index (χ3n) is 3.09. The smallest absolute Gasteiger partial charge is 0.223 e. The molecule has 0 radical (unpaired) electrons. The quantitative estimate of drug-likeness (QED) is 0.548. The molecule has 1 amide bonds. The van der Waals surface area contributed by atoms with Crippen molar-refractivity contribution in [3.05, 3.63) is 0 Å². The molecule has 0 rings (SSSR count). The molecule has 102 valence electrons. The average Bonchev–Trinajstić information content (AvgIpc) is 2.35. The molecule has 0 aromatic rings. The standard InChI is InChI=1S/C14H29NO2/c1-3-5-7-8-10-13(9-6-4-2)14(17)15-11-12-16/h13,16H,3-12H2,1-2H3,(H,15,17). The van der Waals surface area contributed by atoms with Crippen molar-refractivity contribution >= 4 is 5.91 Å². The summed E-state index contributed by atoms with van der Waals surface area (Å²) in [6.07, 6.45) is 9.11. The number of nitrogens with one attached hydrogen (secondary N) is 1. The molecule has 0 aliphatic rings. The van der Waals surface area contributed by atoms with Crippen molar-refractivity contribution in [2.75, 3.05) is 13.2 Å². The van der Waals surface area contributed by atoms with Crippen LogP contribution in [0.1, 0.15) is 65.2 Å². The van der Waals surface area contributed by atoms with Gasteiger partial charge in [0.2, 0.25) is 5.91 Å². The Morgan fingerprint density at radius 3 is 2.29 bits per heavy atom. The molecule has 0 aromatic carbocycles. The lowest BCUT2D eigenvalue weighted by atomic mass is 9.94. The van der Waals surface area contributed by atoms with E-state index in [1.165, 1.54) is 19.3 Å². The van der Waals surface area contributed by atoms with Crippen LogP contribution in [0.2, 0.25) is 0 Å². The molecule has 1 atom stereocenters. The fourth-order valence-electron chi connectivity index (χ4n) is 2.00. The fourth-order valence-corrected chi connectivity index (χ4v) is 2.00. The summed E-state index contributed by atoms with van der Waals surface area (Å²) in [4.78, 5) is 11.8. The van der Waals surface area contributed by atoms with Gasteiger partial charge in [-0.1, -0.05) is 52.4 Å². The normalized spacial score (nSPS) is 12.4. The minimum atomic E-state index is 0.0298. The van der Waals surface area contributed by atoms with Gasteiger partial charge in [-0.05, 0) is 12.8 Å². The summed E-state index contributed by atoms with van der Waals surface area (Å²) < 4.78 is 0. The van der Waals surface area contributed by atoms with Crippen LogP contribution in [0.25, 0.3) is 0 Å². The van der Waals surface area contributed by atoms with E-state index in [0.717, 1.165) is 32.1 Å². The molecule has 0 heterocycles. The van der Waals surface area contributed by atoms with E-state index < -0.39 is 0 Å². The highest BCUT2D eigenvalue weighted by Gasteiger charge is 2.16. The number of amides is 1. The molecule has 0 fully saturated rings. The lowest BCUT2D eigenvalue weighted by Gasteiger charge is -2.16. The Morgan fingerprint density at radius 2 is 1.71 bits per heavy atom. The van der Waals surface area contributed by atoms with Crippen molar-refractivity contribution in [2.45, 2.75) is 65.2 Å². The molecule has 1 unspecified atom stereocenters. The third kappa shape index (κ3) is 9.16.